The lowest BCUT2D eigenvalue weighted by molar-refractivity contribution is -0.121. The van der Waals surface area contributed by atoms with Crippen molar-refractivity contribution in [3.05, 3.63) is 35.4 Å². The number of rotatable bonds is 6. The number of hydrogen-bond donors (Lipinski definition) is 2. The second-order valence-electron chi connectivity index (χ2n) is 6.16. The molecule has 0 aromatic heterocycles. The molecular formula is C17H27N3O. The van der Waals surface area contributed by atoms with E-state index in [0.29, 0.717) is 19.0 Å². The molecule has 0 saturated heterocycles. The van der Waals surface area contributed by atoms with Crippen LogP contribution in [0.25, 0.3) is 0 Å². The van der Waals surface area contributed by atoms with Crippen molar-refractivity contribution < 1.29 is 4.79 Å². The first-order valence-electron chi connectivity index (χ1n) is 7.89. The Morgan fingerprint density at radius 1 is 1.33 bits per heavy atom. The van der Waals surface area contributed by atoms with Crippen LogP contribution in [0.3, 0.4) is 0 Å². The fourth-order valence-corrected chi connectivity index (χ4v) is 2.73. The van der Waals surface area contributed by atoms with Gasteiger partial charge in [-0.05, 0) is 37.8 Å². The highest BCUT2D eigenvalue weighted by atomic mass is 16.1. The summed E-state index contributed by atoms with van der Waals surface area (Å²) in [6, 6.07) is 9.08. The van der Waals surface area contributed by atoms with E-state index < -0.39 is 0 Å². The number of nitrogens with two attached hydrogens (primary N) is 1. The summed E-state index contributed by atoms with van der Waals surface area (Å²) in [6.07, 6.45) is 2.36. The molecule has 1 aromatic carbocycles. The van der Waals surface area contributed by atoms with Gasteiger partial charge in [-0.25, -0.2) is 0 Å². The summed E-state index contributed by atoms with van der Waals surface area (Å²) < 4.78 is 0. The molecule has 0 bridgehead atoms. The molecule has 2 rings (SSSR count). The number of nitrogens with one attached hydrogen (secondary N) is 1. The Balaban J connectivity index is 1.77. The van der Waals surface area contributed by atoms with Gasteiger partial charge in [0.1, 0.15) is 0 Å². The Hall–Kier alpha value is -1.39. The van der Waals surface area contributed by atoms with E-state index in [1.807, 2.05) is 6.92 Å². The fourth-order valence-electron chi connectivity index (χ4n) is 2.73. The molecule has 0 saturated carbocycles. The van der Waals surface area contributed by atoms with Crippen LogP contribution in [0.1, 0.15) is 37.8 Å². The Morgan fingerprint density at radius 2 is 2.05 bits per heavy atom. The molecule has 1 heterocycles. The van der Waals surface area contributed by atoms with Crippen molar-refractivity contribution in [2.45, 2.75) is 51.7 Å². The second-order valence-corrected chi connectivity index (χ2v) is 6.16. The molecule has 0 spiro atoms. The maximum absolute atomic E-state index is 11.7. The minimum Gasteiger partial charge on any atom is -0.355 e. The Kier molecular flexibility index (Phi) is 5.76. The van der Waals surface area contributed by atoms with E-state index in [-0.39, 0.29) is 11.9 Å². The van der Waals surface area contributed by atoms with E-state index in [1.54, 1.807) is 0 Å². The summed E-state index contributed by atoms with van der Waals surface area (Å²) in [6.45, 7) is 6.86. The van der Waals surface area contributed by atoms with Gasteiger partial charge in [-0.1, -0.05) is 24.3 Å². The summed E-state index contributed by atoms with van der Waals surface area (Å²) in [5.74, 6) is 0.108. The van der Waals surface area contributed by atoms with Crippen LogP contribution in [0, 0.1) is 0 Å². The molecule has 4 heteroatoms. The van der Waals surface area contributed by atoms with E-state index in [1.165, 1.54) is 11.1 Å². The molecule has 1 aliphatic rings. The van der Waals surface area contributed by atoms with Gasteiger partial charge >= 0.3 is 0 Å². The molecule has 0 fully saturated rings. The van der Waals surface area contributed by atoms with Gasteiger partial charge in [-0.3, -0.25) is 9.69 Å². The first-order chi connectivity index (χ1) is 10.1. The molecule has 4 nitrogen and oxygen atoms in total. The number of benzene rings is 1. The Labute approximate surface area is 127 Å². The third kappa shape index (κ3) is 4.83. The normalized spacial score (nSPS) is 17.9. The highest BCUT2D eigenvalue weighted by Crippen LogP contribution is 2.19. The molecule has 116 valence electrons. The lowest BCUT2D eigenvalue weighted by atomic mass is 9.99. The third-order valence-corrected chi connectivity index (χ3v) is 4.20. The predicted octanol–water partition coefficient (Wildman–Crippen LogP) is 1.68. The van der Waals surface area contributed by atoms with Crippen molar-refractivity contribution in [1.29, 1.82) is 0 Å². The molecule has 3 N–H and O–H groups in total. The highest BCUT2D eigenvalue weighted by Gasteiger charge is 2.20. The monoisotopic (exact) mass is 289 g/mol. The summed E-state index contributed by atoms with van der Waals surface area (Å²) in [5, 5.41) is 3.02. The quantitative estimate of drug-likeness (QED) is 0.837. The van der Waals surface area contributed by atoms with Crippen molar-refractivity contribution in [3.63, 3.8) is 0 Å². The molecule has 21 heavy (non-hydrogen) atoms. The van der Waals surface area contributed by atoms with E-state index >= 15 is 0 Å². The smallest absolute Gasteiger partial charge is 0.220 e. The second kappa shape index (κ2) is 7.57. The highest BCUT2D eigenvalue weighted by molar-refractivity contribution is 5.75. The molecule has 2 atom stereocenters. The van der Waals surface area contributed by atoms with Crippen LogP contribution in [0.2, 0.25) is 0 Å². The van der Waals surface area contributed by atoms with Gasteiger partial charge in [0, 0.05) is 38.1 Å². The van der Waals surface area contributed by atoms with Gasteiger partial charge in [0.05, 0.1) is 0 Å². The number of nitrogens with zero attached hydrogens (tertiary/aromatic N) is 1. The van der Waals surface area contributed by atoms with Crippen molar-refractivity contribution in [2.24, 2.45) is 5.73 Å². The number of carbonyl (C=O) groups excluding carboxylic acids is 1. The first-order valence-corrected chi connectivity index (χ1v) is 7.89. The average molecular weight is 289 g/mol. The molecule has 2 unspecified atom stereocenters. The van der Waals surface area contributed by atoms with Gasteiger partial charge in [-0.2, -0.15) is 0 Å². The van der Waals surface area contributed by atoms with Gasteiger partial charge in [0.2, 0.25) is 5.91 Å². The van der Waals surface area contributed by atoms with E-state index in [4.69, 9.17) is 5.73 Å². The zero-order chi connectivity index (χ0) is 15.2. The lowest BCUT2D eigenvalue weighted by Gasteiger charge is -2.33. The van der Waals surface area contributed by atoms with Crippen LogP contribution < -0.4 is 11.1 Å². The first kappa shape index (κ1) is 16.0. The van der Waals surface area contributed by atoms with Crippen LogP contribution >= 0.6 is 0 Å². The summed E-state index contributed by atoms with van der Waals surface area (Å²) >= 11 is 0. The number of amides is 1. The largest absolute Gasteiger partial charge is 0.355 e. The molecule has 1 amide bonds. The van der Waals surface area contributed by atoms with Crippen LogP contribution in [-0.4, -0.2) is 36.0 Å². The zero-order valence-corrected chi connectivity index (χ0v) is 13.1. The number of fused-ring (bicyclic) bond motifs is 1. The maximum atomic E-state index is 11.7. The molecular weight excluding hydrogens is 262 g/mol. The standard InChI is InChI=1S/C17H27N3O/c1-13(18)7-8-17(21)19-11-14(2)20-10-9-15-5-3-4-6-16(15)12-20/h3-6,13-14H,7-12,18H2,1-2H3,(H,19,21). The lowest BCUT2D eigenvalue weighted by Crippen LogP contribution is -2.44. The van der Waals surface area contributed by atoms with Gasteiger partial charge < -0.3 is 11.1 Å². The van der Waals surface area contributed by atoms with E-state index in [0.717, 1.165) is 25.9 Å². The van der Waals surface area contributed by atoms with Gasteiger partial charge in [0.15, 0.2) is 0 Å². The fraction of sp³-hybridized carbons (Fsp3) is 0.588. The van der Waals surface area contributed by atoms with Crippen molar-refractivity contribution in [3.8, 4) is 0 Å². The molecule has 0 aliphatic carbocycles. The maximum Gasteiger partial charge on any atom is 0.220 e. The van der Waals surface area contributed by atoms with Crippen LogP contribution in [0.5, 0.6) is 0 Å². The molecule has 1 aromatic rings. The molecule has 0 radical (unpaired) electrons. The summed E-state index contributed by atoms with van der Waals surface area (Å²) in [4.78, 5) is 14.2. The summed E-state index contributed by atoms with van der Waals surface area (Å²) in [5.41, 5.74) is 8.55. The Morgan fingerprint density at radius 3 is 2.76 bits per heavy atom. The minimum atomic E-state index is 0.0896. The van der Waals surface area contributed by atoms with Crippen LogP contribution in [0.4, 0.5) is 0 Å². The minimum absolute atomic E-state index is 0.0896. The van der Waals surface area contributed by atoms with Crippen molar-refractivity contribution >= 4 is 5.91 Å². The van der Waals surface area contributed by atoms with Crippen molar-refractivity contribution in [2.75, 3.05) is 13.1 Å². The Bertz CT molecular complexity index is 473. The summed E-state index contributed by atoms with van der Waals surface area (Å²) in [7, 11) is 0. The van der Waals surface area contributed by atoms with Gasteiger partial charge in [0.25, 0.3) is 0 Å². The van der Waals surface area contributed by atoms with Crippen LogP contribution in [-0.2, 0) is 17.8 Å². The number of hydrogen-bond acceptors (Lipinski definition) is 3. The van der Waals surface area contributed by atoms with E-state index in [9.17, 15) is 4.79 Å². The SMILES string of the molecule is CC(N)CCC(=O)NCC(C)N1CCc2ccccc2C1. The van der Waals surface area contributed by atoms with Crippen molar-refractivity contribution in [1.82, 2.24) is 10.2 Å². The van der Waals surface area contributed by atoms with Crippen LogP contribution in [0.15, 0.2) is 24.3 Å². The third-order valence-electron chi connectivity index (χ3n) is 4.20. The molecule has 1 aliphatic heterocycles. The zero-order valence-electron chi connectivity index (χ0n) is 13.1. The predicted molar refractivity (Wildman–Crippen MR) is 85.9 cm³/mol. The topological polar surface area (TPSA) is 58.4 Å². The average Bonchev–Trinajstić information content (AvgIpc) is 2.50. The number of carbonyl (C=O) groups is 1. The van der Waals surface area contributed by atoms with Gasteiger partial charge in [-0.15, -0.1) is 0 Å². The van der Waals surface area contributed by atoms with E-state index in [2.05, 4.69) is 41.4 Å².